The van der Waals surface area contributed by atoms with E-state index < -0.39 is 0 Å². The summed E-state index contributed by atoms with van der Waals surface area (Å²) in [6, 6.07) is 2.40. The van der Waals surface area contributed by atoms with Crippen LogP contribution in [0.2, 0.25) is 0 Å². The van der Waals surface area contributed by atoms with Crippen molar-refractivity contribution in [1.29, 1.82) is 0 Å². The number of piperidine rings is 1. The molecule has 1 aliphatic heterocycles. The molecule has 1 saturated heterocycles. The molecule has 3 rings (SSSR count). The molecule has 2 aliphatic rings. The molecule has 1 amide bonds. The van der Waals surface area contributed by atoms with E-state index in [0.29, 0.717) is 11.7 Å². The van der Waals surface area contributed by atoms with Crippen molar-refractivity contribution < 1.29 is 9.53 Å². The minimum absolute atomic E-state index is 0.00513. The number of nitrogens with one attached hydrogen (secondary N) is 1. The lowest BCUT2D eigenvalue weighted by atomic mass is 9.63. The van der Waals surface area contributed by atoms with Gasteiger partial charge in [-0.15, -0.1) is 0 Å². The Hall–Kier alpha value is -1.40. The van der Waals surface area contributed by atoms with Crippen LogP contribution >= 0.6 is 0 Å². The molecule has 134 valence electrons. The number of nitrogens with zero attached hydrogens (tertiary/aromatic N) is 3. The van der Waals surface area contributed by atoms with Crippen LogP contribution in [0.4, 0.5) is 0 Å². The second-order valence-electron chi connectivity index (χ2n) is 7.61. The lowest BCUT2D eigenvalue weighted by Crippen LogP contribution is -2.62. The fraction of sp³-hybridized carbons (Fsp3) is 0.778. The maximum atomic E-state index is 12.8. The molecule has 1 aromatic rings. The van der Waals surface area contributed by atoms with Gasteiger partial charge in [-0.05, 0) is 38.8 Å². The molecule has 0 radical (unpaired) electrons. The number of carbonyl (C=O) groups is 1. The van der Waals surface area contributed by atoms with Gasteiger partial charge >= 0.3 is 0 Å². The number of rotatable bonds is 5. The predicted molar refractivity (Wildman–Crippen MR) is 93.1 cm³/mol. The maximum absolute atomic E-state index is 12.8. The van der Waals surface area contributed by atoms with Crippen LogP contribution in [0, 0.1) is 5.41 Å². The zero-order chi connectivity index (χ0) is 17.3. The number of hydrogen-bond acceptors (Lipinski definition) is 4. The molecule has 2 fully saturated rings. The maximum Gasteiger partial charge on any atom is 0.274 e. The summed E-state index contributed by atoms with van der Waals surface area (Å²) in [6.07, 6.45) is 5.34. The first-order valence-electron chi connectivity index (χ1n) is 9.09. The molecule has 1 saturated carbocycles. The topological polar surface area (TPSA) is 59.4 Å². The van der Waals surface area contributed by atoms with Crippen LogP contribution in [-0.4, -0.2) is 59.5 Å². The molecule has 24 heavy (non-hydrogen) atoms. The van der Waals surface area contributed by atoms with E-state index in [1.54, 1.807) is 0 Å². The fourth-order valence-electron chi connectivity index (χ4n) is 4.04. The van der Waals surface area contributed by atoms with Gasteiger partial charge in [0.15, 0.2) is 0 Å². The molecule has 6 heteroatoms. The second kappa shape index (κ2) is 6.84. The highest BCUT2D eigenvalue weighted by atomic mass is 16.5. The summed E-state index contributed by atoms with van der Waals surface area (Å²) in [5.74, 6) is 0.00513. The number of aromatic nitrogens is 2. The Labute approximate surface area is 144 Å². The Morgan fingerprint density at radius 3 is 2.96 bits per heavy atom. The van der Waals surface area contributed by atoms with Crippen LogP contribution in [0.1, 0.15) is 56.6 Å². The molecule has 2 heterocycles. The Bertz CT molecular complexity index is 577. The summed E-state index contributed by atoms with van der Waals surface area (Å²) in [4.78, 5) is 14.7. The zero-order valence-electron chi connectivity index (χ0n) is 15.3. The van der Waals surface area contributed by atoms with Crippen LogP contribution < -0.4 is 5.32 Å². The number of hydrogen-bond donors (Lipinski definition) is 1. The SMILES string of the molecule is CCOC1CC(N(C)C(=O)c2ccn(C3CCCNC3)n2)C1(C)C. The molecule has 1 N–H and O–H groups in total. The van der Waals surface area contributed by atoms with E-state index in [2.05, 4.69) is 24.3 Å². The predicted octanol–water partition coefficient (Wildman–Crippen LogP) is 2.08. The van der Waals surface area contributed by atoms with Crippen molar-refractivity contribution in [2.45, 2.75) is 58.2 Å². The van der Waals surface area contributed by atoms with Crippen molar-refractivity contribution in [2.75, 3.05) is 26.7 Å². The van der Waals surface area contributed by atoms with Gasteiger partial charge in [-0.25, -0.2) is 0 Å². The fourth-order valence-corrected chi connectivity index (χ4v) is 4.04. The average molecular weight is 334 g/mol. The first-order chi connectivity index (χ1) is 11.4. The quantitative estimate of drug-likeness (QED) is 0.896. The minimum Gasteiger partial charge on any atom is -0.378 e. The van der Waals surface area contributed by atoms with Crippen molar-refractivity contribution in [1.82, 2.24) is 20.0 Å². The van der Waals surface area contributed by atoms with E-state index in [1.165, 1.54) is 0 Å². The van der Waals surface area contributed by atoms with Crippen molar-refractivity contribution in [3.05, 3.63) is 18.0 Å². The number of carbonyl (C=O) groups excluding carboxylic acids is 1. The smallest absolute Gasteiger partial charge is 0.274 e. The monoisotopic (exact) mass is 334 g/mol. The summed E-state index contributed by atoms with van der Waals surface area (Å²) in [7, 11) is 1.89. The van der Waals surface area contributed by atoms with Crippen LogP contribution in [-0.2, 0) is 4.74 Å². The van der Waals surface area contributed by atoms with Crippen LogP contribution in [0.3, 0.4) is 0 Å². The van der Waals surface area contributed by atoms with Crippen LogP contribution in [0.15, 0.2) is 12.3 Å². The van der Waals surface area contributed by atoms with Gasteiger partial charge in [0.25, 0.3) is 5.91 Å². The largest absolute Gasteiger partial charge is 0.378 e. The Morgan fingerprint density at radius 1 is 1.54 bits per heavy atom. The van der Waals surface area contributed by atoms with Gasteiger partial charge in [-0.1, -0.05) is 13.8 Å². The Kier molecular flexibility index (Phi) is 4.97. The molecular weight excluding hydrogens is 304 g/mol. The van der Waals surface area contributed by atoms with E-state index in [0.717, 1.165) is 39.0 Å². The van der Waals surface area contributed by atoms with Gasteiger partial charge < -0.3 is 15.0 Å². The van der Waals surface area contributed by atoms with Crippen molar-refractivity contribution >= 4 is 5.91 Å². The highest BCUT2D eigenvalue weighted by molar-refractivity contribution is 5.92. The van der Waals surface area contributed by atoms with Crippen LogP contribution in [0.5, 0.6) is 0 Å². The van der Waals surface area contributed by atoms with E-state index in [9.17, 15) is 4.79 Å². The zero-order valence-corrected chi connectivity index (χ0v) is 15.3. The molecule has 1 aromatic heterocycles. The summed E-state index contributed by atoms with van der Waals surface area (Å²) >= 11 is 0. The first kappa shape index (κ1) is 17.4. The van der Waals surface area contributed by atoms with Gasteiger partial charge in [0.2, 0.25) is 0 Å². The normalized spacial score (nSPS) is 29.1. The van der Waals surface area contributed by atoms with Crippen LogP contribution in [0.25, 0.3) is 0 Å². The molecule has 6 nitrogen and oxygen atoms in total. The molecule has 3 unspecified atom stereocenters. The van der Waals surface area contributed by atoms with Gasteiger partial charge in [0.05, 0.1) is 12.1 Å². The summed E-state index contributed by atoms with van der Waals surface area (Å²) in [5.41, 5.74) is 0.523. The van der Waals surface area contributed by atoms with E-state index in [1.807, 2.05) is 35.8 Å². The summed E-state index contributed by atoms with van der Waals surface area (Å²) in [5, 5.41) is 7.94. The van der Waals surface area contributed by atoms with Gasteiger partial charge in [0, 0.05) is 37.9 Å². The minimum atomic E-state index is -0.0176. The Morgan fingerprint density at radius 2 is 2.33 bits per heavy atom. The van der Waals surface area contributed by atoms with Crippen molar-refractivity contribution in [3.8, 4) is 0 Å². The second-order valence-corrected chi connectivity index (χ2v) is 7.61. The van der Waals surface area contributed by atoms with Crippen molar-refractivity contribution in [2.24, 2.45) is 5.41 Å². The lowest BCUT2D eigenvalue weighted by Gasteiger charge is -2.54. The number of amides is 1. The molecule has 0 bridgehead atoms. The number of ether oxygens (including phenoxy) is 1. The highest BCUT2D eigenvalue weighted by Crippen LogP contribution is 2.45. The lowest BCUT2D eigenvalue weighted by molar-refractivity contribution is -0.136. The van der Waals surface area contributed by atoms with E-state index in [4.69, 9.17) is 4.74 Å². The summed E-state index contributed by atoms with van der Waals surface area (Å²) < 4.78 is 7.72. The first-order valence-corrected chi connectivity index (χ1v) is 9.09. The third-order valence-corrected chi connectivity index (χ3v) is 5.75. The third kappa shape index (κ3) is 3.09. The van der Waals surface area contributed by atoms with Crippen molar-refractivity contribution in [3.63, 3.8) is 0 Å². The Balaban J connectivity index is 1.65. The standard InChI is InChI=1S/C18H30N4O2/c1-5-24-16-11-15(18(16,2)3)21(4)17(23)14-8-10-22(20-14)13-7-6-9-19-12-13/h8,10,13,15-16,19H,5-7,9,11-12H2,1-4H3. The highest BCUT2D eigenvalue weighted by Gasteiger charge is 2.52. The summed E-state index contributed by atoms with van der Waals surface area (Å²) in [6.45, 7) is 9.10. The molecular formula is C18H30N4O2. The molecule has 0 spiro atoms. The van der Waals surface area contributed by atoms with Gasteiger partial charge in [-0.2, -0.15) is 5.10 Å². The average Bonchev–Trinajstić information content (AvgIpc) is 3.08. The molecule has 0 aromatic carbocycles. The third-order valence-electron chi connectivity index (χ3n) is 5.75. The van der Waals surface area contributed by atoms with Gasteiger partial charge in [-0.3, -0.25) is 9.48 Å². The molecule has 1 aliphatic carbocycles. The van der Waals surface area contributed by atoms with E-state index >= 15 is 0 Å². The molecule has 3 atom stereocenters. The van der Waals surface area contributed by atoms with Gasteiger partial charge in [0.1, 0.15) is 5.69 Å². The van der Waals surface area contributed by atoms with E-state index in [-0.39, 0.29) is 23.5 Å².